The van der Waals surface area contributed by atoms with Gasteiger partial charge in [0.1, 0.15) is 10.6 Å². The molecule has 0 saturated heterocycles. The van der Waals surface area contributed by atoms with Gasteiger partial charge in [-0.3, -0.25) is 4.79 Å². The van der Waals surface area contributed by atoms with Gasteiger partial charge in [-0.25, -0.2) is 0 Å². The highest BCUT2D eigenvalue weighted by Gasteiger charge is 2.22. The number of likely N-dealkylation sites (N-methyl/N-ethyl adjacent to an activating group) is 1. The third kappa shape index (κ3) is 3.67. The van der Waals surface area contributed by atoms with E-state index in [1.807, 2.05) is 50.2 Å². The van der Waals surface area contributed by atoms with Gasteiger partial charge in [-0.15, -0.1) is 11.3 Å². The molecule has 5 heteroatoms. The van der Waals surface area contributed by atoms with E-state index in [0.29, 0.717) is 30.3 Å². The Morgan fingerprint density at radius 3 is 2.59 bits per heavy atom. The highest BCUT2D eigenvalue weighted by atomic mass is 32.1. The number of thiophene rings is 1. The molecular weight excluding hydrogens is 298 g/mol. The maximum Gasteiger partial charge on any atom is 0.267 e. The molecule has 1 heterocycles. The molecule has 1 aromatic heterocycles. The van der Waals surface area contributed by atoms with Gasteiger partial charge in [0.15, 0.2) is 0 Å². The second-order valence-corrected chi connectivity index (χ2v) is 5.76. The minimum absolute atomic E-state index is 0.0412. The third-order valence-electron chi connectivity index (χ3n) is 3.29. The molecule has 0 unspecified atom stereocenters. The zero-order chi connectivity index (χ0) is 15.9. The van der Waals surface area contributed by atoms with Crippen molar-refractivity contribution in [2.24, 2.45) is 0 Å². The van der Waals surface area contributed by atoms with Gasteiger partial charge >= 0.3 is 0 Å². The molecule has 118 valence electrons. The molecule has 1 aromatic carbocycles. The maximum atomic E-state index is 12.7. The standard InChI is InChI=1S/C17H21NO3S/c1-3-18(10-11-19)17(20)16-14(21-4-2)12-15(22-16)13-8-6-5-7-9-13/h5-9,12,19H,3-4,10-11H2,1-2H3. The summed E-state index contributed by atoms with van der Waals surface area (Å²) >= 11 is 1.43. The second-order valence-electron chi connectivity index (χ2n) is 4.71. The van der Waals surface area contributed by atoms with E-state index in [0.717, 1.165) is 10.4 Å². The van der Waals surface area contributed by atoms with Crippen LogP contribution in [0.1, 0.15) is 23.5 Å². The number of amides is 1. The monoisotopic (exact) mass is 319 g/mol. The molecular formula is C17H21NO3S. The number of rotatable bonds is 7. The highest BCUT2D eigenvalue weighted by molar-refractivity contribution is 7.17. The zero-order valence-electron chi connectivity index (χ0n) is 12.9. The lowest BCUT2D eigenvalue weighted by atomic mass is 10.2. The van der Waals surface area contributed by atoms with Gasteiger partial charge in [0.2, 0.25) is 0 Å². The molecule has 0 radical (unpaired) electrons. The Balaban J connectivity index is 2.37. The van der Waals surface area contributed by atoms with Crippen molar-refractivity contribution in [3.63, 3.8) is 0 Å². The first-order valence-electron chi connectivity index (χ1n) is 7.43. The number of carbonyl (C=O) groups is 1. The summed E-state index contributed by atoms with van der Waals surface area (Å²) in [6.07, 6.45) is 0. The summed E-state index contributed by atoms with van der Waals surface area (Å²) in [5.41, 5.74) is 1.07. The van der Waals surface area contributed by atoms with Crippen molar-refractivity contribution in [3.8, 4) is 16.2 Å². The number of ether oxygens (including phenoxy) is 1. The number of aliphatic hydroxyl groups is 1. The summed E-state index contributed by atoms with van der Waals surface area (Å²) in [6, 6.07) is 11.9. The Morgan fingerprint density at radius 1 is 1.27 bits per heavy atom. The molecule has 0 bridgehead atoms. The number of hydrogen-bond donors (Lipinski definition) is 1. The van der Waals surface area contributed by atoms with Gasteiger partial charge in [0, 0.05) is 18.0 Å². The number of benzene rings is 1. The maximum absolute atomic E-state index is 12.7. The largest absolute Gasteiger partial charge is 0.492 e. The lowest BCUT2D eigenvalue weighted by Crippen LogP contribution is -2.33. The van der Waals surface area contributed by atoms with Crippen molar-refractivity contribution >= 4 is 17.2 Å². The highest BCUT2D eigenvalue weighted by Crippen LogP contribution is 2.37. The van der Waals surface area contributed by atoms with Gasteiger partial charge in [-0.2, -0.15) is 0 Å². The fourth-order valence-electron chi connectivity index (χ4n) is 2.20. The van der Waals surface area contributed by atoms with E-state index in [-0.39, 0.29) is 12.5 Å². The Morgan fingerprint density at radius 2 is 2.00 bits per heavy atom. The second kappa shape index (κ2) is 7.96. The van der Waals surface area contributed by atoms with E-state index >= 15 is 0 Å². The molecule has 22 heavy (non-hydrogen) atoms. The quantitative estimate of drug-likeness (QED) is 0.852. The third-order valence-corrected chi connectivity index (χ3v) is 4.44. The van der Waals surface area contributed by atoms with E-state index in [9.17, 15) is 4.79 Å². The van der Waals surface area contributed by atoms with Crippen LogP contribution in [0, 0.1) is 0 Å². The van der Waals surface area contributed by atoms with Crippen molar-refractivity contribution < 1.29 is 14.6 Å². The fraction of sp³-hybridized carbons (Fsp3) is 0.353. The Kier molecular flexibility index (Phi) is 5.98. The SMILES string of the molecule is CCOc1cc(-c2ccccc2)sc1C(=O)N(CC)CCO. The zero-order valence-corrected chi connectivity index (χ0v) is 13.7. The molecule has 2 aromatic rings. The summed E-state index contributed by atoms with van der Waals surface area (Å²) in [6.45, 7) is 5.17. The van der Waals surface area contributed by atoms with Crippen LogP contribution in [0.4, 0.5) is 0 Å². The molecule has 0 aliphatic carbocycles. The number of nitrogens with zero attached hydrogens (tertiary/aromatic N) is 1. The van der Waals surface area contributed by atoms with Gasteiger partial charge in [0.25, 0.3) is 5.91 Å². The summed E-state index contributed by atoms with van der Waals surface area (Å²) in [7, 11) is 0. The van der Waals surface area contributed by atoms with Crippen LogP contribution in [0.5, 0.6) is 5.75 Å². The van der Waals surface area contributed by atoms with Crippen LogP contribution in [-0.2, 0) is 0 Å². The van der Waals surface area contributed by atoms with Crippen molar-refractivity contribution in [2.45, 2.75) is 13.8 Å². The molecule has 0 aliphatic heterocycles. The van der Waals surface area contributed by atoms with Crippen LogP contribution >= 0.6 is 11.3 Å². The Labute approximate surface area is 135 Å². The fourth-order valence-corrected chi connectivity index (χ4v) is 3.27. The molecule has 0 saturated carbocycles. The lowest BCUT2D eigenvalue weighted by Gasteiger charge is -2.19. The van der Waals surface area contributed by atoms with Crippen molar-refractivity contribution in [1.29, 1.82) is 0 Å². The number of aliphatic hydroxyl groups excluding tert-OH is 1. The average molecular weight is 319 g/mol. The van der Waals surface area contributed by atoms with Crippen molar-refractivity contribution in [2.75, 3.05) is 26.3 Å². The predicted octanol–water partition coefficient (Wildman–Crippen LogP) is 3.27. The van der Waals surface area contributed by atoms with E-state index < -0.39 is 0 Å². The van der Waals surface area contributed by atoms with Crippen LogP contribution in [-0.4, -0.2) is 42.2 Å². The molecule has 4 nitrogen and oxygen atoms in total. The molecule has 0 spiro atoms. The Hall–Kier alpha value is -1.85. The van der Waals surface area contributed by atoms with Gasteiger partial charge < -0.3 is 14.7 Å². The smallest absolute Gasteiger partial charge is 0.267 e. The predicted molar refractivity (Wildman–Crippen MR) is 89.6 cm³/mol. The minimum atomic E-state index is -0.0906. The van der Waals surface area contributed by atoms with E-state index in [1.54, 1.807) is 4.90 Å². The average Bonchev–Trinajstić information content (AvgIpc) is 2.97. The number of hydrogen-bond acceptors (Lipinski definition) is 4. The first-order valence-corrected chi connectivity index (χ1v) is 8.25. The molecule has 0 fully saturated rings. The normalized spacial score (nSPS) is 10.5. The summed E-state index contributed by atoms with van der Waals surface area (Å²) < 4.78 is 5.63. The van der Waals surface area contributed by atoms with Crippen LogP contribution in [0.25, 0.3) is 10.4 Å². The van der Waals surface area contributed by atoms with Crippen molar-refractivity contribution in [3.05, 3.63) is 41.3 Å². The van der Waals surface area contributed by atoms with E-state index in [1.165, 1.54) is 11.3 Å². The summed E-state index contributed by atoms with van der Waals surface area (Å²) in [5.74, 6) is 0.528. The lowest BCUT2D eigenvalue weighted by molar-refractivity contribution is 0.0733. The Bertz CT molecular complexity index is 610. The van der Waals surface area contributed by atoms with Gasteiger partial charge in [0.05, 0.1) is 13.2 Å². The number of carbonyl (C=O) groups excluding carboxylic acids is 1. The van der Waals surface area contributed by atoms with Gasteiger partial charge in [-0.05, 0) is 25.5 Å². The van der Waals surface area contributed by atoms with Crippen LogP contribution < -0.4 is 4.74 Å². The van der Waals surface area contributed by atoms with Crippen molar-refractivity contribution in [1.82, 2.24) is 4.90 Å². The van der Waals surface area contributed by atoms with E-state index in [4.69, 9.17) is 9.84 Å². The van der Waals surface area contributed by atoms with Crippen LogP contribution in [0.3, 0.4) is 0 Å². The van der Waals surface area contributed by atoms with Crippen LogP contribution in [0.15, 0.2) is 36.4 Å². The summed E-state index contributed by atoms with van der Waals surface area (Å²) in [4.78, 5) is 15.9. The first kappa shape index (κ1) is 16.5. The molecule has 0 aliphatic rings. The molecule has 2 rings (SSSR count). The topological polar surface area (TPSA) is 49.8 Å². The van der Waals surface area contributed by atoms with Gasteiger partial charge in [-0.1, -0.05) is 30.3 Å². The minimum Gasteiger partial charge on any atom is -0.492 e. The summed E-state index contributed by atoms with van der Waals surface area (Å²) in [5, 5.41) is 9.10. The van der Waals surface area contributed by atoms with E-state index in [2.05, 4.69) is 0 Å². The molecule has 0 atom stereocenters. The molecule has 1 amide bonds. The first-order chi connectivity index (χ1) is 10.7. The molecule has 1 N–H and O–H groups in total. The van der Waals surface area contributed by atoms with Crippen LogP contribution in [0.2, 0.25) is 0 Å².